The standard InChI is InChI=1S/C25H28ClN5O5/c1-2-36-23(33)15-30-14-21(28-29-30)17-4-3-5-18(10-17)25(35)31-13-20(32)11-22(31)24(34)27-12-16-6-8-19(26)9-7-16/h3-6,8-10,14,16,20,22,32H,2,7,11-13,15H2,1H3,(H,27,34)/t16?,20-,22+/m1/s1. The average Bonchev–Trinajstić information content (AvgIpc) is 3.50. The van der Waals surface area contributed by atoms with Gasteiger partial charge in [0.05, 0.1) is 18.9 Å². The SMILES string of the molecule is CCOC(=O)Cn1cc(-c2cccc(C(=O)N3C[C@H](O)C[C@H]3C(=O)NCC3C=CC(Cl)=CC3)c2)nn1. The maximum Gasteiger partial charge on any atom is 0.327 e. The minimum Gasteiger partial charge on any atom is -0.465 e. The number of aromatic nitrogens is 3. The predicted octanol–water partition coefficient (Wildman–Crippen LogP) is 1.90. The number of allylic oxidation sites excluding steroid dienone is 3. The quantitative estimate of drug-likeness (QED) is 0.516. The van der Waals surface area contributed by atoms with Gasteiger partial charge >= 0.3 is 5.97 Å². The molecule has 1 aliphatic carbocycles. The Bertz CT molecular complexity index is 1190. The number of carbonyl (C=O) groups is 3. The molecule has 0 radical (unpaired) electrons. The maximum absolute atomic E-state index is 13.4. The molecule has 4 rings (SSSR count). The zero-order valence-corrected chi connectivity index (χ0v) is 20.6. The van der Waals surface area contributed by atoms with E-state index >= 15 is 0 Å². The van der Waals surface area contributed by atoms with Gasteiger partial charge in [0.1, 0.15) is 18.3 Å². The first-order valence-electron chi connectivity index (χ1n) is 11.8. The molecule has 11 heteroatoms. The summed E-state index contributed by atoms with van der Waals surface area (Å²) in [4.78, 5) is 39.4. The van der Waals surface area contributed by atoms with E-state index in [-0.39, 0.29) is 43.8 Å². The number of rotatable bonds is 8. The third-order valence-corrected chi connectivity index (χ3v) is 6.34. The lowest BCUT2D eigenvalue weighted by Gasteiger charge is -2.25. The lowest BCUT2D eigenvalue weighted by atomic mass is 10.0. The third-order valence-electron chi connectivity index (χ3n) is 6.06. The molecule has 2 aromatic rings. The fourth-order valence-corrected chi connectivity index (χ4v) is 4.41. The highest BCUT2D eigenvalue weighted by Gasteiger charge is 2.39. The smallest absolute Gasteiger partial charge is 0.327 e. The zero-order chi connectivity index (χ0) is 25.7. The van der Waals surface area contributed by atoms with Crippen molar-refractivity contribution in [1.82, 2.24) is 25.2 Å². The van der Waals surface area contributed by atoms with Crippen molar-refractivity contribution in [2.45, 2.75) is 38.5 Å². The molecule has 0 bridgehead atoms. The van der Waals surface area contributed by atoms with Gasteiger partial charge in [-0.2, -0.15) is 0 Å². The van der Waals surface area contributed by atoms with Gasteiger partial charge in [0.25, 0.3) is 5.91 Å². The van der Waals surface area contributed by atoms with Crippen molar-refractivity contribution in [3.63, 3.8) is 0 Å². The van der Waals surface area contributed by atoms with Crippen LogP contribution in [0.4, 0.5) is 0 Å². The summed E-state index contributed by atoms with van der Waals surface area (Å²) in [5.74, 6) is -0.956. The first-order valence-corrected chi connectivity index (χ1v) is 12.2. The predicted molar refractivity (Wildman–Crippen MR) is 132 cm³/mol. The maximum atomic E-state index is 13.4. The van der Waals surface area contributed by atoms with Crippen LogP contribution in [0.2, 0.25) is 0 Å². The van der Waals surface area contributed by atoms with Crippen molar-refractivity contribution in [1.29, 1.82) is 0 Å². The molecule has 2 N–H and O–H groups in total. The summed E-state index contributed by atoms with van der Waals surface area (Å²) in [5, 5.41) is 21.9. The number of hydrogen-bond acceptors (Lipinski definition) is 7. The Balaban J connectivity index is 1.43. The van der Waals surface area contributed by atoms with E-state index < -0.39 is 18.1 Å². The van der Waals surface area contributed by atoms with Crippen molar-refractivity contribution in [3.05, 3.63) is 59.3 Å². The number of likely N-dealkylation sites (tertiary alicyclic amines) is 1. The lowest BCUT2D eigenvalue weighted by Crippen LogP contribution is -2.46. The van der Waals surface area contributed by atoms with Gasteiger partial charge in [-0.15, -0.1) is 5.10 Å². The van der Waals surface area contributed by atoms with E-state index in [4.69, 9.17) is 16.3 Å². The summed E-state index contributed by atoms with van der Waals surface area (Å²) < 4.78 is 6.29. The van der Waals surface area contributed by atoms with Gasteiger partial charge in [-0.3, -0.25) is 14.4 Å². The van der Waals surface area contributed by atoms with Crippen LogP contribution in [-0.2, 0) is 20.9 Å². The van der Waals surface area contributed by atoms with Crippen LogP contribution in [-0.4, -0.2) is 74.6 Å². The number of aliphatic hydroxyl groups is 1. The molecule has 1 aromatic heterocycles. The number of nitrogens with one attached hydrogen (secondary N) is 1. The molecule has 1 unspecified atom stereocenters. The number of halogens is 1. The van der Waals surface area contributed by atoms with E-state index in [1.54, 1.807) is 43.5 Å². The Hall–Kier alpha value is -3.50. The summed E-state index contributed by atoms with van der Waals surface area (Å²) in [6, 6.07) is 6.02. The number of amides is 2. The van der Waals surface area contributed by atoms with Crippen LogP contribution in [0, 0.1) is 5.92 Å². The number of ether oxygens (including phenoxy) is 1. The minimum atomic E-state index is -0.785. The average molecular weight is 514 g/mol. The number of carbonyl (C=O) groups excluding carboxylic acids is 3. The summed E-state index contributed by atoms with van der Waals surface area (Å²) in [6.45, 7) is 2.42. The van der Waals surface area contributed by atoms with Crippen LogP contribution < -0.4 is 5.32 Å². The molecule has 190 valence electrons. The van der Waals surface area contributed by atoms with Crippen molar-refractivity contribution >= 4 is 29.4 Å². The number of hydrogen-bond donors (Lipinski definition) is 2. The number of benzene rings is 1. The van der Waals surface area contributed by atoms with Crippen molar-refractivity contribution < 1.29 is 24.2 Å². The molecule has 1 aromatic carbocycles. The Morgan fingerprint density at radius 3 is 2.89 bits per heavy atom. The molecule has 10 nitrogen and oxygen atoms in total. The molecular weight excluding hydrogens is 486 g/mol. The van der Waals surface area contributed by atoms with E-state index in [0.29, 0.717) is 28.4 Å². The molecule has 2 amide bonds. The second kappa shape index (κ2) is 11.5. The summed E-state index contributed by atoms with van der Waals surface area (Å²) in [6.07, 6.45) is 7.36. The molecule has 1 fully saturated rings. The summed E-state index contributed by atoms with van der Waals surface area (Å²) >= 11 is 5.95. The van der Waals surface area contributed by atoms with Gasteiger partial charge in [0, 0.05) is 35.7 Å². The second-order valence-corrected chi connectivity index (χ2v) is 9.18. The van der Waals surface area contributed by atoms with Gasteiger partial charge in [-0.25, -0.2) is 4.68 Å². The minimum absolute atomic E-state index is 0.0676. The largest absolute Gasteiger partial charge is 0.465 e. The molecule has 36 heavy (non-hydrogen) atoms. The lowest BCUT2D eigenvalue weighted by molar-refractivity contribution is -0.144. The Morgan fingerprint density at radius 1 is 1.31 bits per heavy atom. The first-order chi connectivity index (χ1) is 17.3. The van der Waals surface area contributed by atoms with Gasteiger partial charge in [-0.05, 0) is 37.5 Å². The Morgan fingerprint density at radius 2 is 2.14 bits per heavy atom. The van der Waals surface area contributed by atoms with Gasteiger partial charge in [-0.1, -0.05) is 41.1 Å². The van der Waals surface area contributed by atoms with Crippen molar-refractivity contribution in [2.75, 3.05) is 19.7 Å². The molecule has 2 aliphatic rings. The molecule has 0 saturated carbocycles. The molecular formula is C25H28ClN5O5. The third kappa shape index (κ3) is 6.19. The highest BCUT2D eigenvalue weighted by molar-refractivity contribution is 6.31. The number of nitrogens with zero attached hydrogens (tertiary/aromatic N) is 4. The number of β-amino-alcohol motifs (C(OH)–C–C–N with tert-alkyl or cyclic N) is 1. The monoisotopic (exact) mass is 513 g/mol. The van der Waals surface area contributed by atoms with Crippen LogP contribution in [0.5, 0.6) is 0 Å². The normalized spacial score (nSPS) is 21.2. The first kappa shape index (κ1) is 25.6. The van der Waals surface area contributed by atoms with E-state index in [9.17, 15) is 19.5 Å². The Labute approximate surface area is 213 Å². The van der Waals surface area contributed by atoms with E-state index in [0.717, 1.165) is 6.42 Å². The van der Waals surface area contributed by atoms with Gasteiger partial charge in [0.2, 0.25) is 5.91 Å². The van der Waals surface area contributed by atoms with E-state index in [1.807, 2.05) is 12.2 Å². The molecule has 3 atom stereocenters. The molecule has 0 spiro atoms. The molecule has 1 aliphatic heterocycles. The van der Waals surface area contributed by atoms with Crippen molar-refractivity contribution in [2.24, 2.45) is 5.92 Å². The fraction of sp³-hybridized carbons (Fsp3) is 0.400. The van der Waals surface area contributed by atoms with E-state index in [1.165, 1.54) is 9.58 Å². The summed E-state index contributed by atoms with van der Waals surface area (Å²) in [7, 11) is 0. The molecule has 2 heterocycles. The number of esters is 1. The highest BCUT2D eigenvalue weighted by atomic mass is 35.5. The van der Waals surface area contributed by atoms with Crippen LogP contribution in [0.15, 0.2) is 53.7 Å². The molecule has 1 saturated heterocycles. The van der Waals surface area contributed by atoms with Gasteiger partial charge < -0.3 is 20.1 Å². The Kier molecular flexibility index (Phi) is 8.17. The van der Waals surface area contributed by atoms with Crippen LogP contribution >= 0.6 is 11.6 Å². The highest BCUT2D eigenvalue weighted by Crippen LogP contribution is 2.24. The fourth-order valence-electron chi connectivity index (χ4n) is 4.25. The van der Waals surface area contributed by atoms with E-state index in [2.05, 4.69) is 15.6 Å². The van der Waals surface area contributed by atoms with Crippen LogP contribution in [0.3, 0.4) is 0 Å². The van der Waals surface area contributed by atoms with Crippen LogP contribution in [0.1, 0.15) is 30.1 Å². The zero-order valence-electron chi connectivity index (χ0n) is 19.8. The second-order valence-electron chi connectivity index (χ2n) is 8.74. The van der Waals surface area contributed by atoms with Crippen molar-refractivity contribution in [3.8, 4) is 11.3 Å². The van der Waals surface area contributed by atoms with Crippen LogP contribution in [0.25, 0.3) is 11.3 Å². The van der Waals surface area contributed by atoms with Gasteiger partial charge in [0.15, 0.2) is 0 Å². The number of aliphatic hydroxyl groups excluding tert-OH is 1. The summed E-state index contributed by atoms with van der Waals surface area (Å²) in [5.41, 5.74) is 1.47. The topological polar surface area (TPSA) is 127 Å².